The lowest BCUT2D eigenvalue weighted by molar-refractivity contribution is -0.197. The molecule has 32 nitrogen and oxygen atoms in total. The number of fused-ring (bicyclic) bond motifs is 6. The molecule has 1 saturated heterocycles. The topological polar surface area (TPSA) is 324 Å². The van der Waals surface area contributed by atoms with Crippen molar-refractivity contribution in [2.45, 2.75) is 76.0 Å². The van der Waals surface area contributed by atoms with E-state index in [1.165, 1.54) is 55.6 Å². The molecule has 0 aromatic heterocycles. The number of hydrogen-bond acceptors (Lipinski definition) is 30. The Morgan fingerprint density at radius 1 is 0.305 bits per heavy atom. The monoisotopic (exact) mass is 1800 g/mol. The zero-order valence-corrected chi connectivity index (χ0v) is 75.7. The molecule has 3 amide bonds. The zero-order valence-electron chi connectivity index (χ0n) is 75.7. The van der Waals surface area contributed by atoms with Gasteiger partial charge in [0.2, 0.25) is 5.91 Å². The second kappa shape index (κ2) is 69.8. The molecule has 0 atom stereocenters. The highest BCUT2D eigenvalue weighted by Gasteiger charge is 2.43. The molecule has 1 aliphatic heterocycles. The fourth-order valence-electron chi connectivity index (χ4n) is 14.2. The Hall–Kier alpha value is -6.98. The first-order valence-corrected chi connectivity index (χ1v) is 45.5. The van der Waals surface area contributed by atoms with Crippen LogP contribution in [0.1, 0.15) is 86.5 Å². The first kappa shape index (κ1) is 106. The maximum atomic E-state index is 12.5. The van der Waals surface area contributed by atoms with Gasteiger partial charge in [-0.2, -0.15) is 0 Å². The van der Waals surface area contributed by atoms with Gasteiger partial charge in [-0.25, -0.2) is 4.79 Å². The van der Waals surface area contributed by atoms with Crippen molar-refractivity contribution < 1.29 is 142 Å². The third kappa shape index (κ3) is 44.0. The lowest BCUT2D eigenvalue weighted by atomic mass is 9.70. The normalized spacial score (nSPS) is 13.1. The van der Waals surface area contributed by atoms with E-state index in [9.17, 15) is 19.2 Å². The number of unbranched alkanes of at least 4 members (excludes halogenated alkanes) is 1. The van der Waals surface area contributed by atoms with Crippen molar-refractivity contribution in [2.24, 2.45) is 0 Å². The molecule has 0 unspecified atom stereocenters. The lowest BCUT2D eigenvalue weighted by Gasteiger charge is -2.33. The molecule has 5 aromatic rings. The summed E-state index contributed by atoms with van der Waals surface area (Å²) in [6, 6.07) is 37.8. The molecule has 0 spiro atoms. The summed E-state index contributed by atoms with van der Waals surface area (Å²) in [6.07, 6.45) is 5.07. The predicted octanol–water partition coefficient (Wildman–Crippen LogP) is 9.74. The number of rotatable bonds is 86. The summed E-state index contributed by atoms with van der Waals surface area (Å²) in [5.74, 6) is -1.55. The van der Waals surface area contributed by atoms with E-state index in [4.69, 9.17) is 123 Å². The Kier molecular flexibility index (Phi) is 58.0. The van der Waals surface area contributed by atoms with Crippen LogP contribution < -0.4 is 10.1 Å². The first-order valence-electron chi connectivity index (χ1n) is 45.5. The lowest BCUT2D eigenvalue weighted by Crippen LogP contribution is -2.32. The van der Waals surface area contributed by atoms with Crippen molar-refractivity contribution in [2.75, 3.05) is 331 Å². The fourth-order valence-corrected chi connectivity index (χ4v) is 14.2. The van der Waals surface area contributed by atoms with Crippen molar-refractivity contribution in [1.82, 2.24) is 10.4 Å². The van der Waals surface area contributed by atoms with Gasteiger partial charge in [-0.3, -0.25) is 14.4 Å². The molecule has 5 aromatic carbocycles. The molecule has 1 fully saturated rings. The summed E-state index contributed by atoms with van der Waals surface area (Å²) >= 11 is 0. The molecule has 2 aliphatic carbocycles. The van der Waals surface area contributed by atoms with Gasteiger partial charge in [-0.15, -0.1) is 5.06 Å². The van der Waals surface area contributed by atoms with E-state index in [1.54, 1.807) is 14.2 Å². The molecular formula is C96H142N2O30. The average molecular weight is 1800 g/mol. The third-order valence-corrected chi connectivity index (χ3v) is 20.7. The van der Waals surface area contributed by atoms with Crippen LogP contribution >= 0.6 is 0 Å². The predicted molar refractivity (Wildman–Crippen MR) is 476 cm³/mol. The number of nitrogens with one attached hydrogen (secondary N) is 1. The summed E-state index contributed by atoms with van der Waals surface area (Å²) in [4.78, 5) is 53.2. The first-order chi connectivity index (χ1) is 63.3. The minimum atomic E-state index is -0.814. The van der Waals surface area contributed by atoms with E-state index < -0.39 is 23.2 Å². The molecule has 716 valence electrons. The van der Waals surface area contributed by atoms with Gasteiger partial charge < -0.3 is 129 Å². The highest BCUT2D eigenvalue weighted by atomic mass is 16.7. The molecule has 3 aliphatic rings. The number of nitrogens with zero attached hydrogens (tertiary/aromatic N) is 1. The second-order valence-electron chi connectivity index (χ2n) is 29.9. The highest BCUT2D eigenvalue weighted by Crippen LogP contribution is 2.56. The van der Waals surface area contributed by atoms with Gasteiger partial charge in [0.15, 0.2) is 0 Å². The number of ether oxygens (including phenoxy) is 25. The van der Waals surface area contributed by atoms with Crippen LogP contribution in [0.4, 0.5) is 0 Å². The van der Waals surface area contributed by atoms with Crippen LogP contribution in [0, 0.1) is 0 Å². The molecule has 128 heavy (non-hydrogen) atoms. The Labute approximate surface area is 756 Å². The largest absolute Gasteiger partial charge is 0.494 e. The molecule has 1 N–H and O–H groups in total. The van der Waals surface area contributed by atoms with Gasteiger partial charge in [-0.1, -0.05) is 78.9 Å². The van der Waals surface area contributed by atoms with E-state index in [0.29, 0.717) is 335 Å². The van der Waals surface area contributed by atoms with Gasteiger partial charge in [0.05, 0.1) is 304 Å². The van der Waals surface area contributed by atoms with Crippen LogP contribution in [0.5, 0.6) is 5.75 Å². The van der Waals surface area contributed by atoms with Crippen LogP contribution in [0.2, 0.25) is 0 Å². The number of carbonyl (C=O) groups excluding carboxylic acids is 4. The van der Waals surface area contributed by atoms with Crippen molar-refractivity contribution in [3.05, 3.63) is 125 Å². The molecule has 32 heteroatoms. The maximum Gasteiger partial charge on any atom is 0.333 e. The van der Waals surface area contributed by atoms with Gasteiger partial charge >= 0.3 is 5.97 Å². The van der Waals surface area contributed by atoms with E-state index in [-0.39, 0.29) is 31.6 Å². The fraction of sp³-hybridized carbons (Fsp3) is 0.646. The van der Waals surface area contributed by atoms with E-state index >= 15 is 0 Å². The number of benzene rings is 5. The average Bonchev–Trinajstić information content (AvgIpc) is 1.56. The molecular weight excluding hydrogens is 1660 g/mol. The smallest absolute Gasteiger partial charge is 0.333 e. The molecule has 0 radical (unpaired) electrons. The summed E-state index contributed by atoms with van der Waals surface area (Å²) in [7, 11) is 3.29. The van der Waals surface area contributed by atoms with Gasteiger partial charge in [-0.05, 0) is 136 Å². The summed E-state index contributed by atoms with van der Waals surface area (Å²) in [5, 5.41) is 3.30. The van der Waals surface area contributed by atoms with E-state index in [2.05, 4.69) is 96.3 Å². The molecule has 0 bridgehead atoms. The molecule has 0 saturated carbocycles. The van der Waals surface area contributed by atoms with E-state index in [1.807, 2.05) is 12.1 Å². The van der Waals surface area contributed by atoms with Gasteiger partial charge in [0, 0.05) is 58.7 Å². The Morgan fingerprint density at radius 3 is 0.969 bits per heavy atom. The van der Waals surface area contributed by atoms with Crippen LogP contribution in [-0.4, -0.2) is 360 Å². The van der Waals surface area contributed by atoms with Gasteiger partial charge in [0.25, 0.3) is 11.8 Å². The SMILES string of the molecule is COCCOCCOCCOCCOCCOCCOCCOCCOCCOCCOCCOCCCC1(CCCOCCOCCOCCOCCOCCOCCOCCOCCOCCOCCOCCOC)c2cc(-c3ccc(OCCCCNC(=O)CCC(=O)ON4C(=O)CCC4=O)cc3)ccc2-c2ccc(-c3ccc4c(c3)Cc3ccccc3-4)cc21. The number of imide groups is 1. The standard InChI is InChI=1S/C96H142N2O30/c1-103-31-33-107-39-41-111-47-49-115-55-57-119-63-65-123-71-73-125-69-67-121-61-59-117-53-51-113-45-43-109-37-35-105-28-7-25-96(26-8-29-106-36-38-110-44-46-114-52-54-118-60-62-122-68-70-126-74-72-124-66-64-120-58-56-116-50-48-112-42-40-108-34-32-104-2)90-77-81(14-19-88(90)89-20-15-82(78-91(89)96)80-13-18-87-84(75-80)76-83-9-3-4-10-86(83)87)79-11-16-85(17-12-79)127-30-6-5-27-97-92(99)21-24-95(102)128-98-93(100)22-23-94(98)101/h3-4,9-20,75,77-78H,5-8,21-74,76H2,1-2H3,(H,97,99). The van der Waals surface area contributed by atoms with Crippen LogP contribution in [0.3, 0.4) is 0 Å². The van der Waals surface area contributed by atoms with Crippen molar-refractivity contribution >= 4 is 23.7 Å². The zero-order chi connectivity index (χ0) is 89.7. The summed E-state index contributed by atoms with van der Waals surface area (Å²) in [5.41, 5.74) is 14.4. The van der Waals surface area contributed by atoms with Crippen molar-refractivity contribution in [3.8, 4) is 50.3 Å². The number of methoxy groups -OCH3 is 2. The molecule has 8 rings (SSSR count). The number of hydrogen-bond donors (Lipinski definition) is 1. The van der Waals surface area contributed by atoms with Crippen molar-refractivity contribution in [3.63, 3.8) is 0 Å². The summed E-state index contributed by atoms with van der Waals surface area (Å²) in [6.45, 7) is 23.1. The molecule has 1 heterocycles. The van der Waals surface area contributed by atoms with Crippen molar-refractivity contribution in [1.29, 1.82) is 0 Å². The van der Waals surface area contributed by atoms with E-state index in [0.717, 1.165) is 49.0 Å². The Morgan fingerprint density at radius 2 is 0.609 bits per heavy atom. The number of carbonyl (C=O) groups is 4. The van der Waals surface area contributed by atoms with Crippen LogP contribution in [-0.2, 0) is 150 Å². The highest BCUT2D eigenvalue weighted by molar-refractivity contribution is 6.01. The minimum absolute atomic E-state index is 0.00211. The Bertz CT molecular complexity index is 3640. The van der Waals surface area contributed by atoms with Crippen LogP contribution in [0.25, 0.3) is 44.5 Å². The van der Waals surface area contributed by atoms with Gasteiger partial charge in [0.1, 0.15) is 5.75 Å². The maximum absolute atomic E-state index is 12.5. The number of amides is 3. The minimum Gasteiger partial charge on any atom is -0.494 e. The second-order valence-corrected chi connectivity index (χ2v) is 29.9. The third-order valence-electron chi connectivity index (χ3n) is 20.7. The number of hydroxylamine groups is 2. The van der Waals surface area contributed by atoms with Crippen LogP contribution in [0.15, 0.2) is 103 Å². The Balaban J connectivity index is 0.733. The summed E-state index contributed by atoms with van der Waals surface area (Å²) < 4.78 is 141. The quantitative estimate of drug-likeness (QED) is 0.0274.